The molecule has 0 aliphatic carbocycles. The van der Waals surface area contributed by atoms with Gasteiger partial charge in [-0.1, -0.05) is 43.3 Å². The molecule has 5 heteroatoms. The number of benzene rings is 2. The summed E-state index contributed by atoms with van der Waals surface area (Å²) in [6.45, 7) is 2.12. The molecular formula is C19H20FNO2Si. The third-order valence-corrected chi connectivity index (χ3v) is 7.79. The van der Waals surface area contributed by atoms with E-state index >= 15 is 0 Å². The van der Waals surface area contributed by atoms with Gasteiger partial charge in [0.2, 0.25) is 0 Å². The van der Waals surface area contributed by atoms with Gasteiger partial charge in [0.25, 0.3) is 11.8 Å². The molecule has 3 rings (SSSR count). The Morgan fingerprint density at radius 2 is 1.54 bits per heavy atom. The van der Waals surface area contributed by atoms with Crippen LogP contribution in [0.4, 0.5) is 4.39 Å². The minimum absolute atomic E-state index is 0.164. The summed E-state index contributed by atoms with van der Waals surface area (Å²) in [5, 5.41) is 0. The van der Waals surface area contributed by atoms with E-state index in [1.54, 1.807) is 36.4 Å². The number of hydrogen-bond acceptors (Lipinski definition) is 2. The zero-order valence-corrected chi connectivity index (χ0v) is 14.8. The molecule has 24 heavy (non-hydrogen) atoms. The lowest BCUT2D eigenvalue weighted by Gasteiger charge is -2.20. The number of imide groups is 1. The number of nitrogens with zero attached hydrogens (tertiary/aromatic N) is 1. The first-order chi connectivity index (χ1) is 11.6. The summed E-state index contributed by atoms with van der Waals surface area (Å²) in [7, 11) is -1.27. The van der Waals surface area contributed by atoms with Crippen LogP contribution in [0.1, 0.15) is 33.2 Å². The Bertz CT molecular complexity index is 725. The summed E-state index contributed by atoms with van der Waals surface area (Å²) in [5.41, 5.74) is 2.14. The lowest BCUT2D eigenvalue weighted by molar-refractivity contribution is 0.0679. The van der Waals surface area contributed by atoms with Gasteiger partial charge in [-0.3, -0.25) is 14.5 Å². The van der Waals surface area contributed by atoms with E-state index in [2.05, 4.69) is 6.92 Å². The minimum atomic E-state index is -1.27. The van der Waals surface area contributed by atoms with E-state index in [0.717, 1.165) is 24.1 Å². The highest BCUT2D eigenvalue weighted by Crippen LogP contribution is 2.23. The van der Waals surface area contributed by atoms with Crippen LogP contribution in [0, 0.1) is 5.82 Å². The summed E-state index contributed by atoms with van der Waals surface area (Å²) >= 11 is 0. The van der Waals surface area contributed by atoms with Crippen LogP contribution >= 0.6 is 0 Å². The van der Waals surface area contributed by atoms with Crippen LogP contribution in [-0.4, -0.2) is 31.7 Å². The fraction of sp³-hybridized carbons (Fsp3) is 0.263. The van der Waals surface area contributed by atoms with Gasteiger partial charge in [-0.25, -0.2) is 4.39 Å². The smallest absolute Gasteiger partial charge is 0.261 e. The Balaban J connectivity index is 1.65. The molecule has 0 bridgehead atoms. The summed E-state index contributed by atoms with van der Waals surface area (Å²) < 4.78 is 13.0. The maximum Gasteiger partial charge on any atom is 0.261 e. The van der Waals surface area contributed by atoms with Gasteiger partial charge in [0.05, 0.1) is 19.9 Å². The molecule has 1 aliphatic heterocycles. The van der Waals surface area contributed by atoms with Crippen LogP contribution in [0.2, 0.25) is 12.1 Å². The molecule has 2 aromatic rings. The summed E-state index contributed by atoms with van der Waals surface area (Å²) in [4.78, 5) is 26.3. The first-order valence-corrected chi connectivity index (χ1v) is 10.7. The van der Waals surface area contributed by atoms with Crippen molar-refractivity contribution in [2.45, 2.75) is 25.4 Å². The minimum Gasteiger partial charge on any atom is -0.278 e. The van der Waals surface area contributed by atoms with E-state index in [-0.39, 0.29) is 17.6 Å². The highest BCUT2D eigenvalue weighted by Gasteiger charge is 2.36. The molecule has 0 saturated heterocycles. The summed E-state index contributed by atoms with van der Waals surface area (Å²) in [6.07, 6.45) is 1.44. The first kappa shape index (κ1) is 16.6. The third-order valence-electron chi connectivity index (χ3n) is 4.65. The molecule has 0 fully saturated rings. The quantitative estimate of drug-likeness (QED) is 0.596. The fourth-order valence-corrected chi connectivity index (χ4v) is 5.55. The standard InChI is InChI=1S/C19H20FNO2Si/c1-2-24(12-11-14-7-9-15(20)10-8-14)13-21-18(22)16-5-3-4-6-17(16)19(21)23/h3-10,24H,2,11-13H2,1H3. The highest BCUT2D eigenvalue weighted by atomic mass is 28.3. The second-order valence-electron chi connectivity index (χ2n) is 6.21. The van der Waals surface area contributed by atoms with Crippen LogP contribution in [-0.2, 0) is 6.42 Å². The van der Waals surface area contributed by atoms with Gasteiger partial charge >= 0.3 is 0 Å². The SMILES string of the molecule is CC[SiH](CCc1ccc(F)cc1)CN1C(=O)c2ccccc2C1=O. The highest BCUT2D eigenvalue weighted by molar-refractivity contribution is 6.59. The zero-order valence-electron chi connectivity index (χ0n) is 13.7. The molecule has 0 radical (unpaired) electrons. The van der Waals surface area contributed by atoms with E-state index in [1.165, 1.54) is 17.0 Å². The van der Waals surface area contributed by atoms with Crippen molar-refractivity contribution >= 4 is 20.6 Å². The molecule has 0 N–H and O–H groups in total. The van der Waals surface area contributed by atoms with Crippen molar-refractivity contribution in [1.29, 1.82) is 0 Å². The molecule has 2 aromatic carbocycles. The molecule has 0 spiro atoms. The Labute approximate surface area is 142 Å². The molecule has 2 amide bonds. The van der Waals surface area contributed by atoms with Gasteiger partial charge < -0.3 is 0 Å². The topological polar surface area (TPSA) is 37.4 Å². The van der Waals surface area contributed by atoms with Gasteiger partial charge in [-0.15, -0.1) is 0 Å². The largest absolute Gasteiger partial charge is 0.278 e. The molecule has 124 valence electrons. The van der Waals surface area contributed by atoms with Gasteiger partial charge in [0, 0.05) is 6.17 Å². The number of amides is 2. The molecule has 0 aromatic heterocycles. The third kappa shape index (κ3) is 3.31. The predicted octanol–water partition coefficient (Wildman–Crippen LogP) is 3.45. The molecule has 0 saturated carbocycles. The Morgan fingerprint density at radius 3 is 2.08 bits per heavy atom. The van der Waals surface area contributed by atoms with Crippen molar-refractivity contribution in [3.05, 3.63) is 71.0 Å². The molecule has 1 atom stereocenters. The average Bonchev–Trinajstić information content (AvgIpc) is 2.85. The van der Waals surface area contributed by atoms with Crippen LogP contribution in [0.3, 0.4) is 0 Å². The van der Waals surface area contributed by atoms with Crippen molar-refractivity contribution in [2.24, 2.45) is 0 Å². The molecule has 3 nitrogen and oxygen atoms in total. The summed E-state index contributed by atoms with van der Waals surface area (Å²) in [6, 6.07) is 15.6. The number of fused-ring (bicyclic) bond motifs is 1. The molecule has 1 heterocycles. The van der Waals surface area contributed by atoms with Crippen molar-refractivity contribution < 1.29 is 14.0 Å². The Hall–Kier alpha value is -2.27. The number of carbonyl (C=O) groups excluding carboxylic acids is 2. The van der Waals surface area contributed by atoms with Crippen LogP contribution in [0.15, 0.2) is 48.5 Å². The van der Waals surface area contributed by atoms with Gasteiger partial charge in [0.1, 0.15) is 5.82 Å². The fourth-order valence-electron chi connectivity index (χ4n) is 3.11. The monoisotopic (exact) mass is 341 g/mol. The van der Waals surface area contributed by atoms with E-state index < -0.39 is 8.80 Å². The Kier molecular flexibility index (Phi) is 4.90. The molecule has 1 unspecified atom stereocenters. The lowest BCUT2D eigenvalue weighted by atomic mass is 10.1. The number of halogens is 1. The molecular weight excluding hydrogens is 321 g/mol. The van der Waals surface area contributed by atoms with Crippen LogP contribution in [0.5, 0.6) is 0 Å². The van der Waals surface area contributed by atoms with Gasteiger partial charge in [0.15, 0.2) is 0 Å². The van der Waals surface area contributed by atoms with Crippen molar-refractivity contribution in [1.82, 2.24) is 4.90 Å². The molecule has 1 aliphatic rings. The van der Waals surface area contributed by atoms with E-state index in [4.69, 9.17) is 0 Å². The number of aryl methyl sites for hydroxylation is 1. The second-order valence-corrected chi connectivity index (χ2v) is 9.70. The number of carbonyl (C=O) groups is 2. The summed E-state index contributed by atoms with van der Waals surface area (Å²) in [5.74, 6) is -0.555. The normalized spacial score (nSPS) is 14.8. The van der Waals surface area contributed by atoms with Gasteiger partial charge in [-0.2, -0.15) is 0 Å². The van der Waals surface area contributed by atoms with Crippen molar-refractivity contribution in [2.75, 3.05) is 6.17 Å². The van der Waals surface area contributed by atoms with Crippen molar-refractivity contribution in [3.63, 3.8) is 0 Å². The maximum atomic E-state index is 13.0. The average molecular weight is 341 g/mol. The Morgan fingerprint density at radius 1 is 0.958 bits per heavy atom. The maximum absolute atomic E-state index is 13.0. The predicted molar refractivity (Wildman–Crippen MR) is 94.4 cm³/mol. The van der Waals surface area contributed by atoms with Crippen LogP contribution in [0.25, 0.3) is 0 Å². The van der Waals surface area contributed by atoms with E-state index in [0.29, 0.717) is 17.3 Å². The number of hydrogen-bond donors (Lipinski definition) is 0. The second kappa shape index (κ2) is 7.09. The number of rotatable bonds is 6. The lowest BCUT2D eigenvalue weighted by Crippen LogP contribution is -2.39. The van der Waals surface area contributed by atoms with Crippen molar-refractivity contribution in [3.8, 4) is 0 Å². The van der Waals surface area contributed by atoms with E-state index in [1.807, 2.05) is 0 Å². The van der Waals surface area contributed by atoms with E-state index in [9.17, 15) is 14.0 Å². The first-order valence-electron chi connectivity index (χ1n) is 8.29. The van der Waals surface area contributed by atoms with Crippen LogP contribution < -0.4 is 0 Å². The van der Waals surface area contributed by atoms with Gasteiger partial charge in [-0.05, 0) is 36.2 Å². The zero-order chi connectivity index (χ0) is 17.1.